The number of nitrogens with zero attached hydrogens (tertiary/aromatic N) is 5. The molecule has 1 aromatic carbocycles. The van der Waals surface area contributed by atoms with Gasteiger partial charge in [0.15, 0.2) is 5.82 Å². The van der Waals surface area contributed by atoms with E-state index in [1.165, 1.54) is 0 Å². The second kappa shape index (κ2) is 7.35. The van der Waals surface area contributed by atoms with Crippen molar-refractivity contribution < 1.29 is 9.26 Å². The third kappa shape index (κ3) is 3.51. The fourth-order valence-electron chi connectivity index (χ4n) is 3.25. The molecule has 1 fully saturated rings. The van der Waals surface area contributed by atoms with Crippen LogP contribution >= 0.6 is 0 Å². The van der Waals surface area contributed by atoms with Crippen LogP contribution in [-0.2, 0) is 11.3 Å². The zero-order valence-electron chi connectivity index (χ0n) is 14.9. The third-order valence-electron chi connectivity index (χ3n) is 4.62. The summed E-state index contributed by atoms with van der Waals surface area (Å²) in [5.41, 5.74) is 3.11. The number of hydrogen-bond acceptors (Lipinski definition) is 7. The summed E-state index contributed by atoms with van der Waals surface area (Å²) in [6.07, 6.45) is 2.79. The van der Waals surface area contributed by atoms with Crippen LogP contribution in [0.1, 0.15) is 35.5 Å². The number of aryl methyl sites for hydroxylation is 2. The number of hydrogen-bond donors (Lipinski definition) is 1. The molecule has 1 aliphatic heterocycles. The lowest BCUT2D eigenvalue weighted by Crippen LogP contribution is -2.25. The largest absolute Gasteiger partial charge is 0.368 e. The van der Waals surface area contributed by atoms with Crippen molar-refractivity contribution in [1.29, 1.82) is 0 Å². The number of benzene rings is 1. The monoisotopic (exact) mass is 354 g/mol. The Balaban J connectivity index is 1.34. The Morgan fingerprint density at radius 2 is 2.15 bits per heavy atom. The Morgan fingerprint density at radius 3 is 2.96 bits per heavy atom. The van der Waals surface area contributed by atoms with E-state index in [1.807, 2.05) is 36.0 Å². The van der Waals surface area contributed by atoms with Gasteiger partial charge in [-0.2, -0.15) is 4.98 Å². The molecule has 4 rings (SSSR count). The van der Waals surface area contributed by atoms with Crippen LogP contribution in [0.2, 0.25) is 0 Å². The first-order valence-corrected chi connectivity index (χ1v) is 8.80. The molecule has 0 bridgehead atoms. The van der Waals surface area contributed by atoms with Gasteiger partial charge >= 0.3 is 0 Å². The summed E-state index contributed by atoms with van der Waals surface area (Å²) >= 11 is 0. The number of ether oxygens (including phenoxy) is 1. The molecule has 3 aromatic rings. The van der Waals surface area contributed by atoms with Gasteiger partial charge in [-0.1, -0.05) is 28.6 Å². The molecule has 0 unspecified atom stereocenters. The van der Waals surface area contributed by atoms with Crippen molar-refractivity contribution >= 4 is 0 Å². The lowest BCUT2D eigenvalue weighted by molar-refractivity contribution is 0.0623. The number of rotatable bonds is 6. The van der Waals surface area contributed by atoms with E-state index in [0.29, 0.717) is 30.8 Å². The molecule has 0 spiro atoms. The Bertz CT molecular complexity index is 874. The van der Waals surface area contributed by atoms with E-state index in [1.54, 1.807) is 0 Å². The van der Waals surface area contributed by atoms with Crippen LogP contribution < -0.4 is 5.32 Å². The van der Waals surface area contributed by atoms with E-state index >= 15 is 0 Å². The van der Waals surface area contributed by atoms with Gasteiger partial charge in [-0.25, -0.2) is 4.68 Å². The Hall–Kier alpha value is -2.58. The van der Waals surface area contributed by atoms with E-state index in [9.17, 15) is 0 Å². The summed E-state index contributed by atoms with van der Waals surface area (Å²) in [7, 11) is 0. The average Bonchev–Trinajstić information content (AvgIpc) is 3.36. The van der Waals surface area contributed by atoms with Gasteiger partial charge in [0, 0.05) is 25.6 Å². The molecule has 26 heavy (non-hydrogen) atoms. The van der Waals surface area contributed by atoms with Crippen molar-refractivity contribution in [3.63, 3.8) is 0 Å². The zero-order valence-corrected chi connectivity index (χ0v) is 14.9. The predicted molar refractivity (Wildman–Crippen MR) is 93.6 cm³/mol. The first-order valence-electron chi connectivity index (χ1n) is 8.80. The molecule has 1 aliphatic rings. The van der Waals surface area contributed by atoms with E-state index in [2.05, 4.69) is 38.8 Å². The number of nitrogens with one attached hydrogen (secondary N) is 1. The quantitative estimate of drug-likeness (QED) is 0.725. The van der Waals surface area contributed by atoms with Crippen molar-refractivity contribution in [2.24, 2.45) is 5.92 Å². The molecule has 0 amide bonds. The second-order valence-electron chi connectivity index (χ2n) is 6.59. The normalized spacial score (nSPS) is 19.9. The molecular formula is C18H22N6O2. The van der Waals surface area contributed by atoms with Crippen molar-refractivity contribution in [2.45, 2.75) is 32.9 Å². The summed E-state index contributed by atoms with van der Waals surface area (Å²) in [5, 5.41) is 15.8. The molecular weight excluding hydrogens is 332 g/mol. The molecule has 136 valence electrons. The topological polar surface area (TPSA) is 90.9 Å². The minimum absolute atomic E-state index is 0.133. The van der Waals surface area contributed by atoms with E-state index < -0.39 is 0 Å². The SMILES string of the molecule is Cc1noc([C@H]2OCC[C@H]2CNCc2cn(-c3ccccc3C)nn2)n1. The standard InChI is InChI=1S/C18H22N6O2/c1-12-5-3-4-6-16(12)24-11-15(21-23-24)10-19-9-14-7-8-25-17(14)18-20-13(2)22-26-18/h3-6,11,14,17,19H,7-10H2,1-2H3/t14-,17-/m0/s1. The highest BCUT2D eigenvalue weighted by Gasteiger charge is 2.33. The maximum absolute atomic E-state index is 5.77. The van der Waals surface area contributed by atoms with Gasteiger partial charge in [0.2, 0.25) is 0 Å². The molecule has 8 heteroatoms. The van der Waals surface area contributed by atoms with Crippen LogP contribution in [0.3, 0.4) is 0 Å². The molecule has 8 nitrogen and oxygen atoms in total. The molecule has 2 atom stereocenters. The van der Waals surface area contributed by atoms with Gasteiger partial charge in [0.1, 0.15) is 6.10 Å². The average molecular weight is 354 g/mol. The van der Waals surface area contributed by atoms with Crippen molar-refractivity contribution in [1.82, 2.24) is 30.5 Å². The summed E-state index contributed by atoms with van der Waals surface area (Å²) in [5.74, 6) is 1.51. The number of para-hydroxylation sites is 1. The van der Waals surface area contributed by atoms with Crippen molar-refractivity contribution in [2.75, 3.05) is 13.2 Å². The van der Waals surface area contributed by atoms with Crippen LogP contribution in [0.5, 0.6) is 0 Å². The van der Waals surface area contributed by atoms with E-state index in [0.717, 1.165) is 29.9 Å². The molecule has 1 saturated heterocycles. The molecule has 2 aromatic heterocycles. The van der Waals surface area contributed by atoms with Crippen molar-refractivity contribution in [3.8, 4) is 5.69 Å². The van der Waals surface area contributed by atoms with Gasteiger partial charge in [-0.05, 0) is 31.9 Å². The van der Waals surface area contributed by atoms with Crippen LogP contribution in [0, 0.1) is 19.8 Å². The van der Waals surface area contributed by atoms with E-state index in [4.69, 9.17) is 9.26 Å². The van der Waals surface area contributed by atoms with Crippen LogP contribution in [0.25, 0.3) is 5.69 Å². The maximum atomic E-state index is 5.77. The minimum atomic E-state index is -0.133. The first kappa shape index (κ1) is 16.9. The second-order valence-corrected chi connectivity index (χ2v) is 6.59. The highest BCUT2D eigenvalue weighted by molar-refractivity contribution is 5.38. The third-order valence-corrected chi connectivity index (χ3v) is 4.62. The molecule has 0 saturated carbocycles. The van der Waals surface area contributed by atoms with Crippen LogP contribution in [-0.4, -0.2) is 38.3 Å². The Morgan fingerprint density at radius 1 is 1.27 bits per heavy atom. The Labute approximate surface area is 151 Å². The number of aromatic nitrogens is 5. The van der Waals surface area contributed by atoms with Crippen LogP contribution in [0.15, 0.2) is 35.0 Å². The minimum Gasteiger partial charge on any atom is -0.368 e. The summed E-state index contributed by atoms with van der Waals surface area (Å²) < 4.78 is 12.9. The predicted octanol–water partition coefficient (Wildman–Crippen LogP) is 2.13. The fourth-order valence-corrected chi connectivity index (χ4v) is 3.25. The smallest absolute Gasteiger partial charge is 0.256 e. The first-order chi connectivity index (χ1) is 12.7. The molecule has 3 heterocycles. The fraction of sp³-hybridized carbons (Fsp3) is 0.444. The Kier molecular flexibility index (Phi) is 4.77. The van der Waals surface area contributed by atoms with Gasteiger partial charge < -0.3 is 14.6 Å². The lowest BCUT2D eigenvalue weighted by atomic mass is 10.0. The van der Waals surface area contributed by atoms with E-state index in [-0.39, 0.29) is 6.10 Å². The van der Waals surface area contributed by atoms with Gasteiger partial charge in [0.25, 0.3) is 5.89 Å². The molecule has 0 aliphatic carbocycles. The summed E-state index contributed by atoms with van der Waals surface area (Å²) in [6.45, 7) is 6.03. The summed E-state index contributed by atoms with van der Waals surface area (Å²) in [4.78, 5) is 4.30. The maximum Gasteiger partial charge on any atom is 0.256 e. The highest BCUT2D eigenvalue weighted by atomic mass is 16.5. The van der Waals surface area contributed by atoms with Gasteiger partial charge in [0.05, 0.1) is 17.6 Å². The molecule has 1 N–H and O–H groups in total. The lowest BCUT2D eigenvalue weighted by Gasteiger charge is -2.15. The molecule has 0 radical (unpaired) electrons. The van der Waals surface area contributed by atoms with Gasteiger partial charge in [-0.3, -0.25) is 0 Å². The van der Waals surface area contributed by atoms with Crippen molar-refractivity contribution in [3.05, 3.63) is 53.4 Å². The summed E-state index contributed by atoms with van der Waals surface area (Å²) in [6, 6.07) is 8.12. The van der Waals surface area contributed by atoms with Crippen LogP contribution in [0.4, 0.5) is 0 Å². The van der Waals surface area contributed by atoms with Gasteiger partial charge in [-0.15, -0.1) is 5.10 Å². The zero-order chi connectivity index (χ0) is 17.9. The highest BCUT2D eigenvalue weighted by Crippen LogP contribution is 2.33.